The molecule has 6 nitrogen and oxygen atoms in total. The Bertz CT molecular complexity index is 547. The molecule has 3 amide bonds. The number of rotatable bonds is 4. The second kappa shape index (κ2) is 7.79. The summed E-state index contributed by atoms with van der Waals surface area (Å²) in [6.45, 7) is 5.04. The molecular weight excluding hydrogens is 304 g/mol. The van der Waals surface area contributed by atoms with Gasteiger partial charge in [-0.1, -0.05) is 17.7 Å². The fourth-order valence-electron chi connectivity index (χ4n) is 2.32. The molecule has 1 saturated heterocycles. The van der Waals surface area contributed by atoms with Crippen LogP contribution in [0.4, 0.5) is 10.6 Å². The molecule has 1 aliphatic rings. The maximum Gasteiger partial charge on any atom is 0.317 e. The molecule has 118 valence electrons. The Balaban J connectivity index is 1.90. The van der Waals surface area contributed by atoms with Crippen molar-refractivity contribution in [3.8, 4) is 0 Å². The highest BCUT2D eigenvalue weighted by molar-refractivity contribution is 6.30. The van der Waals surface area contributed by atoms with Gasteiger partial charge in [0.25, 0.3) is 0 Å². The summed E-state index contributed by atoms with van der Waals surface area (Å²) in [6, 6.07) is 3.15. The largest absolute Gasteiger partial charge is 0.335 e. The summed E-state index contributed by atoms with van der Waals surface area (Å²) in [5.41, 5.74) is 0. The van der Waals surface area contributed by atoms with Gasteiger partial charge < -0.3 is 15.5 Å². The number of hydrogen-bond acceptors (Lipinski definition) is 3. The number of likely N-dealkylation sites (tertiary alicyclic amines) is 1. The molecule has 1 fully saturated rings. The van der Waals surface area contributed by atoms with Gasteiger partial charge in [-0.25, -0.2) is 9.78 Å². The van der Waals surface area contributed by atoms with Crippen LogP contribution in [0.5, 0.6) is 0 Å². The van der Waals surface area contributed by atoms with Crippen molar-refractivity contribution >= 4 is 29.4 Å². The molecule has 0 bridgehead atoms. The summed E-state index contributed by atoms with van der Waals surface area (Å²) in [5.74, 6) is 0.0967. The predicted molar refractivity (Wildman–Crippen MR) is 85.8 cm³/mol. The standard InChI is InChI=1S/C15H19ClN4O2/c1-2-7-17-15(22)20-8-3-4-11(10-20)14(21)19-13-6-5-12(16)9-18-13/h2,5-6,9,11H,1,3-4,7-8,10H2,(H,17,22)(H,18,19,21)/t11-/m1/s1. The Hall–Kier alpha value is -2.08. The molecule has 1 atom stereocenters. The Morgan fingerprint density at radius 3 is 3.00 bits per heavy atom. The van der Waals surface area contributed by atoms with Crippen LogP contribution in [0.1, 0.15) is 12.8 Å². The third-order valence-electron chi connectivity index (χ3n) is 3.46. The minimum Gasteiger partial charge on any atom is -0.335 e. The van der Waals surface area contributed by atoms with Crippen LogP contribution in [0.25, 0.3) is 0 Å². The van der Waals surface area contributed by atoms with E-state index in [1.54, 1.807) is 23.1 Å². The summed E-state index contributed by atoms with van der Waals surface area (Å²) in [5, 5.41) is 6.00. The second-order valence-corrected chi connectivity index (χ2v) is 5.55. The van der Waals surface area contributed by atoms with E-state index in [-0.39, 0.29) is 17.9 Å². The highest BCUT2D eigenvalue weighted by atomic mass is 35.5. The van der Waals surface area contributed by atoms with Gasteiger partial charge in [0.2, 0.25) is 5.91 Å². The lowest BCUT2D eigenvalue weighted by molar-refractivity contribution is -0.121. The summed E-state index contributed by atoms with van der Waals surface area (Å²) >= 11 is 5.76. The molecular formula is C15H19ClN4O2. The van der Waals surface area contributed by atoms with Crippen LogP contribution in [0.3, 0.4) is 0 Å². The molecule has 7 heteroatoms. The highest BCUT2D eigenvalue weighted by Crippen LogP contribution is 2.19. The Kier molecular flexibility index (Phi) is 5.77. The fraction of sp³-hybridized carbons (Fsp3) is 0.400. The van der Waals surface area contributed by atoms with Crippen molar-refractivity contribution in [2.24, 2.45) is 5.92 Å². The maximum atomic E-state index is 12.3. The van der Waals surface area contributed by atoms with E-state index >= 15 is 0 Å². The third kappa shape index (κ3) is 4.46. The molecule has 2 heterocycles. The van der Waals surface area contributed by atoms with E-state index in [4.69, 9.17) is 11.6 Å². The van der Waals surface area contributed by atoms with Gasteiger partial charge in [0.1, 0.15) is 5.82 Å². The van der Waals surface area contributed by atoms with Gasteiger partial charge in [-0.05, 0) is 25.0 Å². The molecule has 0 aliphatic carbocycles. The Morgan fingerprint density at radius 1 is 1.50 bits per heavy atom. The zero-order valence-electron chi connectivity index (χ0n) is 12.2. The number of nitrogens with one attached hydrogen (secondary N) is 2. The first-order chi connectivity index (χ1) is 10.6. The average Bonchev–Trinajstić information content (AvgIpc) is 2.54. The van der Waals surface area contributed by atoms with Crippen molar-refractivity contribution in [1.82, 2.24) is 15.2 Å². The summed E-state index contributed by atoms with van der Waals surface area (Å²) < 4.78 is 0. The molecule has 22 heavy (non-hydrogen) atoms. The van der Waals surface area contributed by atoms with Gasteiger partial charge in [-0.3, -0.25) is 4.79 Å². The lowest BCUT2D eigenvalue weighted by Crippen LogP contribution is -2.47. The van der Waals surface area contributed by atoms with Gasteiger partial charge in [0.15, 0.2) is 0 Å². The van der Waals surface area contributed by atoms with E-state index in [1.807, 2.05) is 0 Å². The van der Waals surface area contributed by atoms with E-state index in [1.165, 1.54) is 6.20 Å². The molecule has 2 rings (SSSR count). The zero-order valence-corrected chi connectivity index (χ0v) is 13.0. The number of amides is 3. The van der Waals surface area contributed by atoms with E-state index in [9.17, 15) is 9.59 Å². The van der Waals surface area contributed by atoms with Gasteiger partial charge in [-0.2, -0.15) is 0 Å². The number of anilines is 1. The molecule has 0 saturated carbocycles. The Morgan fingerprint density at radius 2 is 2.32 bits per heavy atom. The summed E-state index contributed by atoms with van der Waals surface area (Å²) in [4.78, 5) is 29.9. The molecule has 0 radical (unpaired) electrons. The highest BCUT2D eigenvalue weighted by Gasteiger charge is 2.28. The van der Waals surface area contributed by atoms with Crippen molar-refractivity contribution < 1.29 is 9.59 Å². The SMILES string of the molecule is C=CCNC(=O)N1CCC[C@@H](C(=O)Nc2ccc(Cl)cn2)C1. The number of nitrogens with zero attached hydrogens (tertiary/aromatic N) is 2. The minimum atomic E-state index is -0.235. The van der Waals surface area contributed by atoms with Crippen molar-refractivity contribution in [3.63, 3.8) is 0 Å². The monoisotopic (exact) mass is 322 g/mol. The van der Waals surface area contributed by atoms with Crippen molar-refractivity contribution in [2.75, 3.05) is 25.0 Å². The number of pyridine rings is 1. The number of piperidine rings is 1. The van der Waals surface area contributed by atoms with E-state index in [2.05, 4.69) is 22.2 Å². The summed E-state index contributed by atoms with van der Waals surface area (Å²) in [6.07, 6.45) is 4.66. The zero-order chi connectivity index (χ0) is 15.9. The van der Waals surface area contributed by atoms with E-state index in [0.29, 0.717) is 30.5 Å². The molecule has 2 N–H and O–H groups in total. The van der Waals surface area contributed by atoms with Gasteiger partial charge in [-0.15, -0.1) is 6.58 Å². The number of urea groups is 1. The number of halogens is 1. The first kappa shape index (κ1) is 16.3. The number of carbonyl (C=O) groups excluding carboxylic acids is 2. The normalized spacial score (nSPS) is 17.7. The van der Waals surface area contributed by atoms with Crippen LogP contribution in [0.15, 0.2) is 31.0 Å². The minimum absolute atomic E-state index is 0.129. The molecule has 1 aromatic heterocycles. The number of aromatic nitrogens is 1. The average molecular weight is 323 g/mol. The lowest BCUT2D eigenvalue weighted by Gasteiger charge is -2.31. The summed E-state index contributed by atoms with van der Waals surface area (Å²) in [7, 11) is 0. The second-order valence-electron chi connectivity index (χ2n) is 5.11. The molecule has 1 aliphatic heterocycles. The number of hydrogen-bond donors (Lipinski definition) is 2. The topological polar surface area (TPSA) is 74.3 Å². The molecule has 0 aromatic carbocycles. The van der Waals surface area contributed by atoms with Crippen LogP contribution in [0.2, 0.25) is 5.02 Å². The van der Waals surface area contributed by atoms with E-state index in [0.717, 1.165) is 12.8 Å². The van der Waals surface area contributed by atoms with Crippen LogP contribution in [-0.2, 0) is 4.79 Å². The van der Waals surface area contributed by atoms with Crippen molar-refractivity contribution in [3.05, 3.63) is 36.0 Å². The van der Waals surface area contributed by atoms with Gasteiger partial charge in [0.05, 0.1) is 10.9 Å². The van der Waals surface area contributed by atoms with Gasteiger partial charge >= 0.3 is 6.03 Å². The van der Waals surface area contributed by atoms with Crippen LogP contribution >= 0.6 is 11.6 Å². The van der Waals surface area contributed by atoms with Crippen LogP contribution in [0, 0.1) is 5.92 Å². The predicted octanol–water partition coefficient (Wildman–Crippen LogP) is 2.28. The fourth-order valence-corrected chi connectivity index (χ4v) is 2.44. The molecule has 1 aromatic rings. The third-order valence-corrected chi connectivity index (χ3v) is 3.68. The molecule has 0 spiro atoms. The van der Waals surface area contributed by atoms with Crippen molar-refractivity contribution in [1.29, 1.82) is 0 Å². The molecule has 0 unspecified atom stereocenters. The van der Waals surface area contributed by atoms with E-state index < -0.39 is 0 Å². The maximum absolute atomic E-state index is 12.3. The van der Waals surface area contributed by atoms with Crippen LogP contribution in [-0.4, -0.2) is 41.5 Å². The smallest absolute Gasteiger partial charge is 0.317 e. The van der Waals surface area contributed by atoms with Gasteiger partial charge in [0, 0.05) is 25.8 Å². The first-order valence-corrected chi connectivity index (χ1v) is 7.54. The number of carbonyl (C=O) groups is 2. The van der Waals surface area contributed by atoms with Crippen LogP contribution < -0.4 is 10.6 Å². The Labute approximate surface area is 134 Å². The quantitative estimate of drug-likeness (QED) is 0.835. The van der Waals surface area contributed by atoms with Crippen molar-refractivity contribution in [2.45, 2.75) is 12.8 Å². The first-order valence-electron chi connectivity index (χ1n) is 7.16. The lowest BCUT2D eigenvalue weighted by atomic mass is 9.97.